The number of hydrogen-bond donors (Lipinski definition) is 2. The van der Waals surface area contributed by atoms with Crippen molar-refractivity contribution in [2.45, 2.75) is 26.2 Å². The molecule has 0 spiro atoms. The Labute approximate surface area is 246 Å². The molecule has 12 heteroatoms. The molecule has 1 fully saturated rings. The average molecular weight is 592 g/mol. The molecule has 0 saturated carbocycles. The Kier molecular flexibility index (Phi) is 7.14. The number of piperidine rings is 1. The van der Waals surface area contributed by atoms with Gasteiger partial charge in [-0.25, -0.2) is 9.97 Å². The van der Waals surface area contributed by atoms with Crippen LogP contribution in [0.25, 0.3) is 34.2 Å². The van der Waals surface area contributed by atoms with E-state index in [2.05, 4.69) is 9.88 Å². The summed E-state index contributed by atoms with van der Waals surface area (Å²) in [6, 6.07) is 15.0. The minimum Gasteiger partial charge on any atom is -0.396 e. The van der Waals surface area contributed by atoms with Crippen LogP contribution in [0.15, 0.2) is 61.1 Å². The van der Waals surface area contributed by atoms with Crippen LogP contribution in [0.1, 0.15) is 25.5 Å². The van der Waals surface area contributed by atoms with Crippen molar-refractivity contribution in [2.75, 3.05) is 24.6 Å². The zero-order valence-corrected chi connectivity index (χ0v) is 23.8. The van der Waals surface area contributed by atoms with Gasteiger partial charge in [-0.05, 0) is 49.2 Å². The second kappa shape index (κ2) is 10.8. The number of nitrogens with two attached hydrogens (primary N) is 1. The number of aliphatic hydroxyl groups is 1. The number of halogens is 2. The van der Waals surface area contributed by atoms with E-state index in [0.717, 1.165) is 16.9 Å². The molecule has 2 aromatic carbocycles. The lowest BCUT2D eigenvalue weighted by Gasteiger charge is -2.37. The van der Waals surface area contributed by atoms with Gasteiger partial charge in [0.05, 0.1) is 10.7 Å². The monoisotopic (exact) mass is 590 g/mol. The smallest absolute Gasteiger partial charge is 0.239 e. The number of fused-ring (bicyclic) bond motifs is 1. The molecule has 1 aliphatic heterocycles. The topological polar surface area (TPSA) is 128 Å². The van der Waals surface area contributed by atoms with Gasteiger partial charge in [0.2, 0.25) is 11.9 Å². The first-order chi connectivity index (χ1) is 19.8. The quantitative estimate of drug-likeness (QED) is 0.283. The predicted octanol–water partition coefficient (Wildman–Crippen LogP) is 4.60. The molecule has 1 amide bonds. The molecular formula is C29H28Cl2N8O2. The van der Waals surface area contributed by atoms with Gasteiger partial charge >= 0.3 is 0 Å². The van der Waals surface area contributed by atoms with E-state index in [1.807, 2.05) is 60.0 Å². The first-order valence-corrected chi connectivity index (χ1v) is 14.0. The maximum absolute atomic E-state index is 12.2. The van der Waals surface area contributed by atoms with Crippen molar-refractivity contribution in [3.05, 3.63) is 76.8 Å². The van der Waals surface area contributed by atoms with E-state index in [0.29, 0.717) is 71.2 Å². The van der Waals surface area contributed by atoms with Crippen LogP contribution in [-0.2, 0) is 11.2 Å². The molecule has 0 radical (unpaired) electrons. The molecule has 5 aromatic rings. The number of rotatable bonds is 7. The standard InChI is InChI=1S/C29H28Cl2N8O2/c1-29(27(32)41)11-13-37(14-12-29)25-23-26(36-28(35-25)38-16-19(10-15-40)33-17-38)39(20-8-6-18(30)7-9-20)24(34-23)21-4-2-3-5-22(21)31/h2-9,16-17,40H,10-15H2,1H3,(H2,32,41). The van der Waals surface area contributed by atoms with Crippen molar-refractivity contribution in [1.82, 2.24) is 29.1 Å². The highest BCUT2D eigenvalue weighted by molar-refractivity contribution is 6.33. The molecule has 4 heterocycles. The van der Waals surface area contributed by atoms with Crippen LogP contribution in [-0.4, -0.2) is 59.8 Å². The number of nitrogens with zero attached hydrogens (tertiary/aromatic N) is 7. The van der Waals surface area contributed by atoms with E-state index in [-0.39, 0.29) is 12.5 Å². The van der Waals surface area contributed by atoms with Crippen LogP contribution in [0.3, 0.4) is 0 Å². The third-order valence-corrected chi connectivity index (χ3v) is 8.25. The SMILES string of the molecule is CC1(C(N)=O)CCN(c2nc(-n3cnc(CCO)c3)nc3c2nc(-c2ccccc2Cl)n3-c2ccc(Cl)cc2)CC1. The molecule has 1 aliphatic rings. The summed E-state index contributed by atoms with van der Waals surface area (Å²) in [6.07, 6.45) is 5.03. The van der Waals surface area contributed by atoms with Gasteiger partial charge in [0, 0.05) is 54.0 Å². The molecule has 0 bridgehead atoms. The molecule has 210 valence electrons. The summed E-state index contributed by atoms with van der Waals surface area (Å²) in [7, 11) is 0. The first kappa shape index (κ1) is 27.2. The van der Waals surface area contributed by atoms with Crippen molar-refractivity contribution in [1.29, 1.82) is 0 Å². The zero-order chi connectivity index (χ0) is 28.7. The van der Waals surface area contributed by atoms with Gasteiger partial charge in [0.25, 0.3) is 0 Å². The maximum atomic E-state index is 12.2. The van der Waals surface area contributed by atoms with Crippen molar-refractivity contribution < 1.29 is 9.90 Å². The van der Waals surface area contributed by atoms with Crippen molar-refractivity contribution in [3.8, 4) is 23.0 Å². The van der Waals surface area contributed by atoms with Crippen LogP contribution in [0, 0.1) is 5.41 Å². The van der Waals surface area contributed by atoms with Crippen LogP contribution in [0.2, 0.25) is 10.0 Å². The summed E-state index contributed by atoms with van der Waals surface area (Å²) in [6.45, 7) is 3.03. The molecule has 1 saturated heterocycles. The fourth-order valence-electron chi connectivity index (χ4n) is 5.10. The Morgan fingerprint density at radius 3 is 2.46 bits per heavy atom. The van der Waals surface area contributed by atoms with Crippen molar-refractivity contribution in [2.24, 2.45) is 11.1 Å². The molecule has 0 aliphatic carbocycles. The van der Waals surface area contributed by atoms with E-state index in [4.69, 9.17) is 43.9 Å². The normalized spacial score (nSPS) is 15.0. The number of carbonyl (C=O) groups is 1. The highest BCUT2D eigenvalue weighted by Gasteiger charge is 2.37. The number of amides is 1. The number of benzene rings is 2. The second-order valence-corrected chi connectivity index (χ2v) is 11.2. The summed E-state index contributed by atoms with van der Waals surface area (Å²) >= 11 is 12.9. The van der Waals surface area contributed by atoms with Crippen LogP contribution >= 0.6 is 23.2 Å². The Morgan fingerprint density at radius 2 is 1.78 bits per heavy atom. The third-order valence-electron chi connectivity index (χ3n) is 7.67. The number of primary amides is 1. The van der Waals surface area contributed by atoms with Crippen LogP contribution < -0.4 is 10.6 Å². The molecule has 3 N–H and O–H groups in total. The van der Waals surface area contributed by atoms with Gasteiger partial charge in [-0.3, -0.25) is 13.9 Å². The largest absolute Gasteiger partial charge is 0.396 e. The van der Waals surface area contributed by atoms with Gasteiger partial charge in [0.15, 0.2) is 17.0 Å². The molecule has 0 atom stereocenters. The minimum absolute atomic E-state index is 0.0148. The Bertz CT molecular complexity index is 1740. The summed E-state index contributed by atoms with van der Waals surface area (Å²) in [5, 5.41) is 10.6. The van der Waals surface area contributed by atoms with Gasteiger partial charge in [0.1, 0.15) is 12.2 Å². The minimum atomic E-state index is -0.583. The third kappa shape index (κ3) is 5.03. The molecule has 3 aromatic heterocycles. The van der Waals surface area contributed by atoms with Gasteiger partial charge in [-0.15, -0.1) is 0 Å². The molecule has 0 unspecified atom stereocenters. The Balaban J connectivity index is 1.60. The van der Waals surface area contributed by atoms with E-state index in [9.17, 15) is 9.90 Å². The summed E-state index contributed by atoms with van der Waals surface area (Å²) in [4.78, 5) is 33.7. The fourth-order valence-corrected chi connectivity index (χ4v) is 5.45. The first-order valence-electron chi connectivity index (χ1n) is 13.3. The van der Waals surface area contributed by atoms with Gasteiger partial charge in [-0.1, -0.05) is 42.3 Å². The fraction of sp³-hybridized carbons (Fsp3) is 0.276. The maximum Gasteiger partial charge on any atom is 0.239 e. The highest BCUT2D eigenvalue weighted by Crippen LogP contribution is 2.38. The number of aromatic nitrogens is 6. The Hall–Kier alpha value is -3.99. The predicted molar refractivity (Wildman–Crippen MR) is 159 cm³/mol. The van der Waals surface area contributed by atoms with Crippen LogP contribution in [0.4, 0.5) is 5.82 Å². The lowest BCUT2D eigenvalue weighted by molar-refractivity contribution is -0.127. The van der Waals surface area contributed by atoms with E-state index in [1.165, 1.54) is 0 Å². The summed E-state index contributed by atoms with van der Waals surface area (Å²) in [5.41, 5.74) is 8.57. The van der Waals surface area contributed by atoms with Crippen molar-refractivity contribution >= 4 is 46.1 Å². The van der Waals surface area contributed by atoms with E-state index >= 15 is 0 Å². The summed E-state index contributed by atoms with van der Waals surface area (Å²) < 4.78 is 3.68. The van der Waals surface area contributed by atoms with E-state index in [1.54, 1.807) is 17.1 Å². The molecule has 10 nitrogen and oxygen atoms in total. The van der Waals surface area contributed by atoms with Gasteiger partial charge in [-0.2, -0.15) is 9.97 Å². The summed E-state index contributed by atoms with van der Waals surface area (Å²) in [5.74, 6) is 1.34. The lowest BCUT2D eigenvalue weighted by atomic mass is 9.80. The number of anilines is 1. The average Bonchev–Trinajstić information content (AvgIpc) is 3.59. The lowest BCUT2D eigenvalue weighted by Crippen LogP contribution is -2.45. The molecule has 6 rings (SSSR count). The number of hydrogen-bond acceptors (Lipinski definition) is 7. The zero-order valence-electron chi connectivity index (χ0n) is 22.3. The van der Waals surface area contributed by atoms with E-state index < -0.39 is 5.41 Å². The Morgan fingerprint density at radius 1 is 1.05 bits per heavy atom. The number of imidazole rings is 2. The highest BCUT2D eigenvalue weighted by atomic mass is 35.5. The number of aliphatic hydroxyl groups excluding tert-OH is 1. The van der Waals surface area contributed by atoms with Crippen molar-refractivity contribution in [3.63, 3.8) is 0 Å². The molecular weight excluding hydrogens is 563 g/mol. The second-order valence-electron chi connectivity index (χ2n) is 10.4. The molecule has 41 heavy (non-hydrogen) atoms. The van der Waals surface area contributed by atoms with Gasteiger partial charge < -0.3 is 15.7 Å². The van der Waals surface area contributed by atoms with Crippen LogP contribution in [0.5, 0.6) is 0 Å². The number of carbonyl (C=O) groups excluding carboxylic acids is 1.